The number of nitrogens with zero attached hydrogens (tertiary/aromatic N) is 3. The van der Waals surface area contributed by atoms with Gasteiger partial charge in [0.15, 0.2) is 11.5 Å². The smallest absolute Gasteiger partial charge is 0.260 e. The Morgan fingerprint density at radius 2 is 1.66 bits per heavy atom. The van der Waals surface area contributed by atoms with Gasteiger partial charge in [-0.15, -0.1) is 11.8 Å². The van der Waals surface area contributed by atoms with Gasteiger partial charge in [-0.2, -0.15) is 0 Å². The van der Waals surface area contributed by atoms with E-state index in [1.165, 1.54) is 12.0 Å². The van der Waals surface area contributed by atoms with Crippen LogP contribution >= 0.6 is 23.4 Å². The Kier molecular flexibility index (Phi) is 8.56. The average molecular weight is 630 g/mol. The van der Waals surface area contributed by atoms with Gasteiger partial charge in [-0.05, 0) is 72.0 Å². The number of carbonyl (C=O) groups excluding carboxylic acids is 2. The van der Waals surface area contributed by atoms with Crippen LogP contribution in [0.2, 0.25) is 5.02 Å². The summed E-state index contributed by atoms with van der Waals surface area (Å²) in [6.45, 7) is 4.66. The van der Waals surface area contributed by atoms with Crippen LogP contribution in [0, 0.1) is 0 Å². The maximum Gasteiger partial charge on any atom is 0.260 e. The molecule has 2 saturated heterocycles. The summed E-state index contributed by atoms with van der Waals surface area (Å²) >= 11 is 7.98. The first-order chi connectivity index (χ1) is 21.5. The van der Waals surface area contributed by atoms with Crippen LogP contribution < -0.4 is 9.47 Å². The molecule has 1 saturated carbocycles. The zero-order valence-electron chi connectivity index (χ0n) is 24.6. The van der Waals surface area contributed by atoms with Crippen LogP contribution in [0.3, 0.4) is 0 Å². The maximum atomic E-state index is 13.8. The molecule has 1 aliphatic carbocycles. The lowest BCUT2D eigenvalue weighted by molar-refractivity contribution is -0.130. The summed E-state index contributed by atoms with van der Waals surface area (Å²) in [5, 5.41) is 1.09. The van der Waals surface area contributed by atoms with E-state index >= 15 is 0 Å². The molecule has 3 aromatic rings. The summed E-state index contributed by atoms with van der Waals surface area (Å²) in [7, 11) is 0. The number of ether oxygens (including phenoxy) is 2. The number of piperazine rings is 1. The van der Waals surface area contributed by atoms with Crippen molar-refractivity contribution in [2.45, 2.75) is 50.1 Å². The highest BCUT2D eigenvalue weighted by Crippen LogP contribution is 2.43. The van der Waals surface area contributed by atoms with Gasteiger partial charge in [-0.1, -0.05) is 54.8 Å². The van der Waals surface area contributed by atoms with Crippen molar-refractivity contribution in [3.63, 3.8) is 0 Å². The monoisotopic (exact) mass is 629 g/mol. The highest BCUT2D eigenvalue weighted by molar-refractivity contribution is 8.04. The first-order valence-corrected chi connectivity index (χ1v) is 16.7. The van der Waals surface area contributed by atoms with E-state index in [0.717, 1.165) is 66.4 Å². The second-order valence-corrected chi connectivity index (χ2v) is 13.7. The van der Waals surface area contributed by atoms with Crippen molar-refractivity contribution in [1.29, 1.82) is 0 Å². The highest BCUT2D eigenvalue weighted by atomic mass is 35.5. The lowest BCUT2D eigenvalue weighted by Crippen LogP contribution is -2.50. The van der Waals surface area contributed by atoms with E-state index in [9.17, 15) is 9.59 Å². The zero-order chi connectivity index (χ0) is 30.0. The lowest BCUT2D eigenvalue weighted by atomic mass is 9.92. The van der Waals surface area contributed by atoms with E-state index < -0.39 is 0 Å². The van der Waals surface area contributed by atoms with E-state index in [-0.39, 0.29) is 24.6 Å². The predicted octanol–water partition coefficient (Wildman–Crippen LogP) is 6.45. The molecule has 7 nitrogen and oxygen atoms in total. The lowest BCUT2D eigenvalue weighted by Gasteiger charge is -2.44. The van der Waals surface area contributed by atoms with Crippen molar-refractivity contribution in [1.82, 2.24) is 14.7 Å². The van der Waals surface area contributed by atoms with Gasteiger partial charge in [0.25, 0.3) is 11.8 Å². The topological polar surface area (TPSA) is 62.3 Å². The summed E-state index contributed by atoms with van der Waals surface area (Å²) < 4.78 is 10.9. The molecule has 0 radical (unpaired) electrons. The molecule has 0 aromatic heterocycles. The normalized spacial score (nSPS) is 22.8. The molecule has 3 fully saturated rings. The van der Waals surface area contributed by atoms with E-state index in [1.54, 1.807) is 11.8 Å². The molecular formula is C35H36ClN3O4S. The number of hydrogen-bond donors (Lipinski definition) is 0. The molecule has 3 heterocycles. The number of fused-ring (bicyclic) bond motifs is 2. The number of benzene rings is 3. The van der Waals surface area contributed by atoms with Gasteiger partial charge in [0, 0.05) is 61.1 Å². The van der Waals surface area contributed by atoms with Gasteiger partial charge in [0.05, 0.1) is 4.91 Å². The summed E-state index contributed by atoms with van der Waals surface area (Å²) in [6.07, 6.45) is 6.50. The molecule has 7 rings (SSSR count). The summed E-state index contributed by atoms with van der Waals surface area (Å²) in [4.78, 5) is 34.2. The number of halogens is 1. The Morgan fingerprint density at radius 3 is 2.48 bits per heavy atom. The second-order valence-electron chi connectivity index (χ2n) is 12.0. The molecule has 228 valence electrons. The van der Waals surface area contributed by atoms with Gasteiger partial charge in [0.1, 0.15) is 0 Å². The fourth-order valence-corrected chi connectivity index (χ4v) is 8.34. The molecule has 9 heteroatoms. The van der Waals surface area contributed by atoms with Crippen molar-refractivity contribution < 1.29 is 19.1 Å². The number of hydrogen-bond acceptors (Lipinski definition) is 6. The van der Waals surface area contributed by atoms with Crippen molar-refractivity contribution in [3.05, 3.63) is 98.9 Å². The van der Waals surface area contributed by atoms with Crippen molar-refractivity contribution in [3.8, 4) is 11.5 Å². The molecule has 0 spiro atoms. The van der Waals surface area contributed by atoms with E-state index in [0.29, 0.717) is 35.5 Å². The van der Waals surface area contributed by atoms with Crippen molar-refractivity contribution in [2.75, 3.05) is 33.0 Å². The molecule has 0 bridgehead atoms. The molecule has 2 atom stereocenters. The van der Waals surface area contributed by atoms with Crippen molar-refractivity contribution in [2.24, 2.45) is 0 Å². The SMILES string of the molecule is O=C(c1ccc(/C=C2/SC3CCCCC3N(Cc3cccc(Cl)c3)C2=O)cc1)N1CCN(Cc2ccc3c(c2)OCO3)CC1. The molecule has 4 aliphatic rings. The van der Waals surface area contributed by atoms with E-state index in [2.05, 4.69) is 15.9 Å². The van der Waals surface area contributed by atoms with Gasteiger partial charge in [-0.3, -0.25) is 14.5 Å². The van der Waals surface area contributed by atoms with Crippen LogP contribution in [-0.2, 0) is 17.9 Å². The number of thioether (sulfide) groups is 1. The highest BCUT2D eigenvalue weighted by Gasteiger charge is 2.40. The first kappa shape index (κ1) is 29.3. The second kappa shape index (κ2) is 12.9. The number of rotatable bonds is 6. The van der Waals surface area contributed by atoms with Crippen LogP contribution in [0.4, 0.5) is 0 Å². The zero-order valence-corrected chi connectivity index (χ0v) is 26.2. The number of amides is 2. The van der Waals surface area contributed by atoms with Crippen LogP contribution in [0.1, 0.15) is 52.7 Å². The van der Waals surface area contributed by atoms with Crippen LogP contribution in [-0.4, -0.2) is 70.8 Å². The predicted molar refractivity (Wildman–Crippen MR) is 174 cm³/mol. The van der Waals surface area contributed by atoms with E-state index in [1.807, 2.05) is 71.6 Å². The standard InChI is InChI=1S/C35H36ClN3O4S/c36-28-5-3-4-25(18-28)22-39-29-6-1-2-7-32(29)44-33(35(39)41)20-24-8-11-27(12-9-24)34(40)38-16-14-37(15-17-38)21-26-10-13-30-31(19-26)43-23-42-30/h3-5,8-13,18-20,29,32H,1-2,6-7,14-17,21-23H2/b33-20+. The first-order valence-electron chi connectivity index (χ1n) is 15.4. The molecule has 44 heavy (non-hydrogen) atoms. The molecule has 2 amide bonds. The van der Waals surface area contributed by atoms with Crippen LogP contribution in [0.15, 0.2) is 71.6 Å². The Labute approximate surface area is 267 Å². The maximum absolute atomic E-state index is 13.8. The van der Waals surface area contributed by atoms with Gasteiger partial charge >= 0.3 is 0 Å². The Morgan fingerprint density at radius 1 is 0.886 bits per heavy atom. The molecule has 3 aliphatic heterocycles. The molecular weight excluding hydrogens is 594 g/mol. The van der Waals surface area contributed by atoms with Crippen LogP contribution in [0.25, 0.3) is 6.08 Å². The molecule has 2 unspecified atom stereocenters. The summed E-state index contributed by atoms with van der Waals surface area (Å²) in [6, 6.07) is 21.8. The number of carbonyl (C=O) groups is 2. The molecule has 3 aromatic carbocycles. The van der Waals surface area contributed by atoms with Gasteiger partial charge in [-0.25, -0.2) is 0 Å². The molecule has 0 N–H and O–H groups in total. The minimum Gasteiger partial charge on any atom is -0.454 e. The van der Waals surface area contributed by atoms with Crippen LogP contribution in [0.5, 0.6) is 11.5 Å². The summed E-state index contributed by atoms with van der Waals surface area (Å²) in [5.74, 6) is 1.73. The van der Waals surface area contributed by atoms with E-state index in [4.69, 9.17) is 21.1 Å². The Hall–Kier alpha value is -3.46. The summed E-state index contributed by atoms with van der Waals surface area (Å²) in [5.41, 5.74) is 3.84. The third-order valence-electron chi connectivity index (χ3n) is 9.02. The fourth-order valence-electron chi connectivity index (χ4n) is 6.66. The quantitative estimate of drug-likeness (QED) is 0.292. The largest absolute Gasteiger partial charge is 0.454 e. The third kappa shape index (κ3) is 6.34. The average Bonchev–Trinajstić information content (AvgIpc) is 3.52. The van der Waals surface area contributed by atoms with Gasteiger partial charge < -0.3 is 19.3 Å². The van der Waals surface area contributed by atoms with Gasteiger partial charge in [0.2, 0.25) is 6.79 Å². The fraction of sp³-hybridized carbons (Fsp3) is 0.371. The third-order valence-corrected chi connectivity index (χ3v) is 10.7. The Bertz CT molecular complexity index is 1570. The minimum absolute atomic E-state index is 0.0489. The van der Waals surface area contributed by atoms with Crippen molar-refractivity contribution >= 4 is 41.3 Å². The minimum atomic E-state index is 0.0489. The Balaban J connectivity index is 0.987.